The maximum Gasteiger partial charge on any atom is 0.147 e. The van der Waals surface area contributed by atoms with Crippen molar-refractivity contribution in [3.05, 3.63) is 11.8 Å². The molecule has 0 amide bonds. The number of hydrogen-bond acceptors (Lipinski definition) is 5. The molecule has 3 heterocycles. The van der Waals surface area contributed by atoms with Crippen LogP contribution in [-0.4, -0.2) is 56.0 Å². The van der Waals surface area contributed by atoms with E-state index in [1.165, 1.54) is 38.5 Å². The number of allylic oxidation sites excluding steroid dienone is 2. The lowest BCUT2D eigenvalue weighted by molar-refractivity contribution is -0.256. The SMILES string of the molecule is COCO[C@@H]1C[C@H]2[C@@]3(OCOC)C[C@@H]4C[C@H]5[C@H]3CC=C(C)N5[C@@]42[C@@H]2CCCC[C@H]21. The number of rotatable bonds is 6. The van der Waals surface area contributed by atoms with Gasteiger partial charge in [0.2, 0.25) is 0 Å². The molecule has 6 aliphatic rings. The highest BCUT2D eigenvalue weighted by molar-refractivity contribution is 5.37. The summed E-state index contributed by atoms with van der Waals surface area (Å²) in [5.41, 5.74) is 1.80. The number of ether oxygens (including phenoxy) is 4. The molecule has 5 nitrogen and oxygen atoms in total. The number of nitrogens with zero attached hydrogens (tertiary/aromatic N) is 1. The van der Waals surface area contributed by atoms with Gasteiger partial charge in [0.15, 0.2) is 0 Å². The zero-order chi connectivity index (χ0) is 19.8. The summed E-state index contributed by atoms with van der Waals surface area (Å²) in [6.45, 7) is 3.21. The summed E-state index contributed by atoms with van der Waals surface area (Å²) in [6, 6.07) is 0.672. The summed E-state index contributed by atoms with van der Waals surface area (Å²) in [5.74, 6) is 3.30. The molecular formula is C24H37NO4. The zero-order valence-electron chi connectivity index (χ0n) is 18.3. The topological polar surface area (TPSA) is 40.2 Å². The monoisotopic (exact) mass is 403 g/mol. The molecule has 5 heteroatoms. The molecule has 3 saturated carbocycles. The van der Waals surface area contributed by atoms with Gasteiger partial charge in [-0.15, -0.1) is 0 Å². The normalized spacial score (nSPS) is 51.8. The first-order valence-corrected chi connectivity index (χ1v) is 11.9. The van der Waals surface area contributed by atoms with Gasteiger partial charge in [0.25, 0.3) is 0 Å². The predicted molar refractivity (Wildman–Crippen MR) is 109 cm³/mol. The Bertz CT molecular complexity index is 696. The van der Waals surface area contributed by atoms with E-state index in [0.29, 0.717) is 43.5 Å². The first-order chi connectivity index (χ1) is 14.2. The fourth-order valence-electron chi connectivity index (χ4n) is 9.58. The summed E-state index contributed by atoms with van der Waals surface area (Å²) in [7, 11) is 3.51. The van der Waals surface area contributed by atoms with Crippen LogP contribution >= 0.6 is 0 Å². The largest absolute Gasteiger partial charge is 0.365 e. The minimum Gasteiger partial charge on any atom is -0.365 e. The Morgan fingerprint density at radius 2 is 1.90 bits per heavy atom. The van der Waals surface area contributed by atoms with Gasteiger partial charge in [-0.2, -0.15) is 0 Å². The van der Waals surface area contributed by atoms with E-state index in [9.17, 15) is 0 Å². The molecule has 0 aromatic rings. The number of methoxy groups -OCH3 is 2. The lowest BCUT2D eigenvalue weighted by Gasteiger charge is -2.67. The van der Waals surface area contributed by atoms with Gasteiger partial charge < -0.3 is 23.8 Å². The van der Waals surface area contributed by atoms with Crippen molar-refractivity contribution in [2.75, 3.05) is 27.8 Å². The van der Waals surface area contributed by atoms with Crippen LogP contribution in [0.4, 0.5) is 0 Å². The molecule has 29 heavy (non-hydrogen) atoms. The molecule has 3 aliphatic carbocycles. The van der Waals surface area contributed by atoms with Crippen molar-refractivity contribution < 1.29 is 18.9 Å². The highest BCUT2D eigenvalue weighted by atomic mass is 16.7. The molecule has 5 bridgehead atoms. The Balaban J connectivity index is 1.48. The van der Waals surface area contributed by atoms with E-state index in [1.807, 2.05) is 0 Å². The lowest BCUT2D eigenvalue weighted by Crippen LogP contribution is -2.73. The van der Waals surface area contributed by atoms with Crippen LogP contribution in [0, 0.1) is 29.6 Å². The van der Waals surface area contributed by atoms with Crippen LogP contribution in [0.5, 0.6) is 0 Å². The van der Waals surface area contributed by atoms with Crippen LogP contribution in [-0.2, 0) is 18.9 Å². The quantitative estimate of drug-likeness (QED) is 0.629. The lowest BCUT2D eigenvalue weighted by atomic mass is 9.51. The smallest absolute Gasteiger partial charge is 0.147 e. The van der Waals surface area contributed by atoms with Crippen LogP contribution in [0.3, 0.4) is 0 Å². The molecule has 162 valence electrons. The number of piperidine rings is 1. The summed E-state index contributed by atoms with van der Waals surface area (Å²) in [5, 5.41) is 0. The standard InChI is InChI=1S/C24H37NO4/c1-15-8-9-19-20-10-16-12-23(19,29-14-27-3)22-11-21(28-13-26-2)17-6-4-5-7-18(17)24(16,22)25(15)20/h8,16-22H,4-7,9-14H2,1-3H3/t16-,17+,18+,19+,20-,21+,22-,23+,24+/m0/s1. The van der Waals surface area contributed by atoms with Gasteiger partial charge in [0.05, 0.1) is 17.2 Å². The summed E-state index contributed by atoms with van der Waals surface area (Å²) in [4.78, 5) is 2.95. The molecule has 0 radical (unpaired) electrons. The third kappa shape index (κ3) is 2.21. The van der Waals surface area contributed by atoms with Gasteiger partial charge in [-0.3, -0.25) is 0 Å². The Hall–Kier alpha value is -0.620. The van der Waals surface area contributed by atoms with Crippen molar-refractivity contribution in [1.82, 2.24) is 4.90 Å². The van der Waals surface area contributed by atoms with Crippen molar-refractivity contribution in [3.8, 4) is 0 Å². The Labute approximate surface area is 175 Å². The van der Waals surface area contributed by atoms with Crippen molar-refractivity contribution in [2.24, 2.45) is 29.6 Å². The summed E-state index contributed by atoms with van der Waals surface area (Å²) < 4.78 is 24.0. The van der Waals surface area contributed by atoms with Crippen molar-refractivity contribution in [1.29, 1.82) is 0 Å². The Kier molecular flexibility index (Phi) is 4.40. The van der Waals surface area contributed by atoms with E-state index in [0.717, 1.165) is 24.7 Å². The Morgan fingerprint density at radius 3 is 2.72 bits per heavy atom. The third-order valence-corrected chi connectivity index (χ3v) is 9.99. The summed E-state index contributed by atoms with van der Waals surface area (Å²) >= 11 is 0. The number of hydrogen-bond donors (Lipinski definition) is 0. The minimum absolute atomic E-state index is 0.0333. The van der Waals surface area contributed by atoms with Gasteiger partial charge in [0.1, 0.15) is 13.6 Å². The first kappa shape index (κ1) is 19.1. The van der Waals surface area contributed by atoms with Crippen LogP contribution in [0.2, 0.25) is 0 Å². The molecule has 3 aliphatic heterocycles. The molecule has 9 atom stereocenters. The minimum atomic E-state index is -0.0333. The van der Waals surface area contributed by atoms with Crippen LogP contribution < -0.4 is 0 Å². The predicted octanol–water partition coefficient (Wildman–Crippen LogP) is 3.93. The highest BCUT2D eigenvalue weighted by Gasteiger charge is 2.81. The van der Waals surface area contributed by atoms with Crippen molar-refractivity contribution in [3.63, 3.8) is 0 Å². The van der Waals surface area contributed by atoms with Gasteiger partial charge in [-0.1, -0.05) is 18.9 Å². The second kappa shape index (κ2) is 6.69. The maximum atomic E-state index is 6.76. The first-order valence-electron chi connectivity index (χ1n) is 11.9. The van der Waals surface area contributed by atoms with Gasteiger partial charge >= 0.3 is 0 Å². The number of fused-ring (bicyclic) bond motifs is 2. The van der Waals surface area contributed by atoms with Crippen molar-refractivity contribution >= 4 is 0 Å². The fraction of sp³-hybridized carbons (Fsp3) is 0.917. The second-order valence-corrected chi connectivity index (χ2v) is 10.6. The van der Waals surface area contributed by atoms with Gasteiger partial charge in [-0.25, -0.2) is 0 Å². The molecule has 6 rings (SSSR count). The average molecular weight is 404 g/mol. The van der Waals surface area contributed by atoms with E-state index in [2.05, 4.69) is 17.9 Å². The second-order valence-electron chi connectivity index (χ2n) is 10.6. The molecule has 0 unspecified atom stereocenters. The van der Waals surface area contributed by atoms with Crippen LogP contribution in [0.25, 0.3) is 0 Å². The van der Waals surface area contributed by atoms with Crippen LogP contribution in [0.1, 0.15) is 58.3 Å². The molecule has 2 saturated heterocycles. The van der Waals surface area contributed by atoms with E-state index >= 15 is 0 Å². The fourth-order valence-corrected chi connectivity index (χ4v) is 9.58. The summed E-state index contributed by atoms with van der Waals surface area (Å²) in [6.07, 6.45) is 13.1. The van der Waals surface area contributed by atoms with E-state index in [4.69, 9.17) is 18.9 Å². The zero-order valence-corrected chi connectivity index (χ0v) is 18.3. The Morgan fingerprint density at radius 1 is 1.07 bits per heavy atom. The molecule has 1 spiro atoms. The molecule has 0 aromatic heterocycles. The highest BCUT2D eigenvalue weighted by Crippen LogP contribution is 2.76. The molecule has 0 aromatic carbocycles. The molecule has 0 N–H and O–H groups in total. The van der Waals surface area contributed by atoms with E-state index in [-0.39, 0.29) is 11.1 Å². The van der Waals surface area contributed by atoms with E-state index < -0.39 is 0 Å². The molecule has 5 fully saturated rings. The average Bonchev–Trinajstić information content (AvgIpc) is 3.15. The van der Waals surface area contributed by atoms with Gasteiger partial charge in [0, 0.05) is 37.8 Å². The van der Waals surface area contributed by atoms with E-state index in [1.54, 1.807) is 19.9 Å². The van der Waals surface area contributed by atoms with Crippen LogP contribution in [0.15, 0.2) is 11.8 Å². The third-order valence-electron chi connectivity index (χ3n) is 9.99. The van der Waals surface area contributed by atoms with Crippen molar-refractivity contribution in [2.45, 2.75) is 81.6 Å². The maximum absolute atomic E-state index is 6.76. The van der Waals surface area contributed by atoms with Gasteiger partial charge in [-0.05, 0) is 63.2 Å². The molecular weight excluding hydrogens is 366 g/mol.